The number of carbonyl (C=O) groups excluding carboxylic acids is 1. The Morgan fingerprint density at radius 2 is 1.77 bits per heavy atom. The number of nitrogens with zero attached hydrogens (tertiary/aromatic N) is 1. The van der Waals surface area contributed by atoms with Crippen molar-refractivity contribution in [3.05, 3.63) is 72.3 Å². The Bertz CT molecular complexity index is 951. The summed E-state index contributed by atoms with van der Waals surface area (Å²) in [5.41, 5.74) is 4.07. The second kappa shape index (κ2) is 8.16. The molecule has 132 valence electrons. The normalized spacial score (nSPS) is 11.2. The molecule has 0 bridgehead atoms. The largest absolute Gasteiger partial charge is 0.497 e. The lowest BCUT2D eigenvalue weighted by Gasteiger charge is -2.07. The van der Waals surface area contributed by atoms with Gasteiger partial charge in [0.1, 0.15) is 11.5 Å². The van der Waals surface area contributed by atoms with E-state index in [4.69, 9.17) is 9.47 Å². The highest BCUT2D eigenvalue weighted by molar-refractivity contribution is 5.99. The minimum atomic E-state index is -0.319. The number of ether oxygens (including phenoxy) is 2. The average Bonchev–Trinajstić information content (AvgIpc) is 2.70. The maximum absolute atomic E-state index is 12.0. The summed E-state index contributed by atoms with van der Waals surface area (Å²) in [6, 6.07) is 21.2. The Kier molecular flexibility index (Phi) is 5.49. The molecule has 0 aromatic heterocycles. The molecule has 0 aliphatic rings. The number of amides is 1. The number of hydrogen-bond acceptors (Lipinski definition) is 4. The lowest BCUT2D eigenvalue weighted by molar-refractivity contribution is -0.123. The second-order valence-electron chi connectivity index (χ2n) is 5.76. The molecular weight excluding hydrogens is 328 g/mol. The molecule has 0 saturated heterocycles. The van der Waals surface area contributed by atoms with E-state index in [1.807, 2.05) is 73.7 Å². The number of benzene rings is 3. The van der Waals surface area contributed by atoms with Crippen molar-refractivity contribution in [2.24, 2.45) is 5.10 Å². The van der Waals surface area contributed by atoms with Gasteiger partial charge in [-0.15, -0.1) is 0 Å². The van der Waals surface area contributed by atoms with Gasteiger partial charge in [0, 0.05) is 5.56 Å². The number of methoxy groups -OCH3 is 1. The summed E-state index contributed by atoms with van der Waals surface area (Å²) in [7, 11) is 1.61. The van der Waals surface area contributed by atoms with Crippen LogP contribution in [0.1, 0.15) is 12.5 Å². The first kappa shape index (κ1) is 17.5. The van der Waals surface area contributed by atoms with Crippen molar-refractivity contribution in [2.75, 3.05) is 13.7 Å². The molecule has 3 aromatic rings. The van der Waals surface area contributed by atoms with Gasteiger partial charge in [-0.05, 0) is 42.0 Å². The molecule has 0 radical (unpaired) electrons. The first-order valence-corrected chi connectivity index (χ1v) is 8.25. The second-order valence-corrected chi connectivity index (χ2v) is 5.76. The van der Waals surface area contributed by atoms with Crippen molar-refractivity contribution in [3.63, 3.8) is 0 Å². The van der Waals surface area contributed by atoms with Crippen LogP contribution in [-0.2, 0) is 4.79 Å². The van der Waals surface area contributed by atoms with Crippen molar-refractivity contribution in [1.82, 2.24) is 5.43 Å². The summed E-state index contributed by atoms with van der Waals surface area (Å²) in [5, 5.41) is 6.31. The third-order valence-corrected chi connectivity index (χ3v) is 3.93. The van der Waals surface area contributed by atoms with E-state index in [1.165, 1.54) is 0 Å². The van der Waals surface area contributed by atoms with Crippen LogP contribution in [0, 0.1) is 0 Å². The zero-order chi connectivity index (χ0) is 18.4. The lowest BCUT2D eigenvalue weighted by atomic mass is 10.1. The number of hydrazone groups is 1. The van der Waals surface area contributed by atoms with Crippen molar-refractivity contribution in [2.45, 2.75) is 6.92 Å². The van der Waals surface area contributed by atoms with Crippen molar-refractivity contribution in [1.29, 1.82) is 0 Å². The van der Waals surface area contributed by atoms with Gasteiger partial charge in [0.25, 0.3) is 5.91 Å². The molecule has 5 nitrogen and oxygen atoms in total. The van der Waals surface area contributed by atoms with E-state index >= 15 is 0 Å². The molecule has 1 amide bonds. The quantitative estimate of drug-likeness (QED) is 0.545. The van der Waals surface area contributed by atoms with Crippen LogP contribution in [0.3, 0.4) is 0 Å². The van der Waals surface area contributed by atoms with Gasteiger partial charge < -0.3 is 9.47 Å². The Morgan fingerprint density at radius 1 is 0.962 bits per heavy atom. The van der Waals surface area contributed by atoms with Gasteiger partial charge >= 0.3 is 0 Å². The fourth-order valence-electron chi connectivity index (χ4n) is 2.50. The summed E-state index contributed by atoms with van der Waals surface area (Å²) >= 11 is 0. The minimum Gasteiger partial charge on any atom is -0.497 e. The molecule has 5 heteroatoms. The smallest absolute Gasteiger partial charge is 0.277 e. The summed E-state index contributed by atoms with van der Waals surface area (Å²) < 4.78 is 10.7. The Balaban J connectivity index is 1.57. The van der Waals surface area contributed by atoms with Gasteiger partial charge in [0.2, 0.25) is 0 Å². The molecule has 0 atom stereocenters. The van der Waals surface area contributed by atoms with E-state index in [-0.39, 0.29) is 12.5 Å². The molecule has 3 aromatic carbocycles. The predicted molar refractivity (Wildman–Crippen MR) is 103 cm³/mol. The zero-order valence-corrected chi connectivity index (χ0v) is 14.7. The molecule has 0 saturated carbocycles. The third-order valence-electron chi connectivity index (χ3n) is 3.93. The Labute approximate surface area is 152 Å². The molecule has 0 aliphatic carbocycles. The fourth-order valence-corrected chi connectivity index (χ4v) is 2.50. The zero-order valence-electron chi connectivity index (χ0n) is 14.7. The van der Waals surface area contributed by atoms with E-state index in [9.17, 15) is 4.79 Å². The van der Waals surface area contributed by atoms with Crippen molar-refractivity contribution >= 4 is 22.4 Å². The standard InChI is InChI=1S/C21H20N2O3/c1-15(17-8-5-9-19(12-17)25-2)22-23-21(24)14-26-20-11-10-16-6-3-4-7-18(16)13-20/h3-13H,14H2,1-2H3,(H,23,24). The molecule has 0 unspecified atom stereocenters. The number of carbonyl (C=O) groups is 1. The monoisotopic (exact) mass is 348 g/mol. The molecular formula is C21H20N2O3. The van der Waals surface area contributed by atoms with Gasteiger partial charge in [0.15, 0.2) is 6.61 Å². The first-order chi connectivity index (χ1) is 12.7. The number of nitrogens with one attached hydrogen (secondary N) is 1. The first-order valence-electron chi connectivity index (χ1n) is 8.25. The number of hydrogen-bond donors (Lipinski definition) is 1. The minimum absolute atomic E-state index is 0.104. The van der Waals surface area contributed by atoms with Gasteiger partial charge in [0.05, 0.1) is 12.8 Å². The maximum atomic E-state index is 12.0. The van der Waals surface area contributed by atoms with E-state index in [2.05, 4.69) is 10.5 Å². The Hall–Kier alpha value is -3.34. The maximum Gasteiger partial charge on any atom is 0.277 e. The number of rotatable bonds is 6. The SMILES string of the molecule is COc1cccc(C(C)=NNC(=O)COc2ccc3ccccc3c2)c1. The van der Waals surface area contributed by atoms with Crippen molar-refractivity contribution < 1.29 is 14.3 Å². The topological polar surface area (TPSA) is 59.9 Å². The molecule has 0 heterocycles. The van der Waals surface area contributed by atoms with Gasteiger partial charge in [-0.2, -0.15) is 5.10 Å². The van der Waals surface area contributed by atoms with Crippen LogP contribution >= 0.6 is 0 Å². The summed E-state index contributed by atoms with van der Waals surface area (Å²) in [5.74, 6) is 1.07. The highest BCUT2D eigenvalue weighted by atomic mass is 16.5. The molecule has 0 spiro atoms. The van der Waals surface area contributed by atoms with Crippen LogP contribution in [0.25, 0.3) is 10.8 Å². The van der Waals surface area contributed by atoms with Crippen LogP contribution in [-0.4, -0.2) is 25.3 Å². The fraction of sp³-hybridized carbons (Fsp3) is 0.143. The van der Waals surface area contributed by atoms with Crippen LogP contribution in [0.4, 0.5) is 0 Å². The third kappa shape index (κ3) is 4.39. The van der Waals surface area contributed by atoms with Gasteiger partial charge in [-0.25, -0.2) is 5.43 Å². The molecule has 0 fully saturated rings. The van der Waals surface area contributed by atoms with Crippen LogP contribution < -0.4 is 14.9 Å². The van der Waals surface area contributed by atoms with Crippen LogP contribution in [0.15, 0.2) is 71.8 Å². The molecule has 26 heavy (non-hydrogen) atoms. The average molecular weight is 348 g/mol. The summed E-state index contributed by atoms with van der Waals surface area (Å²) in [6.07, 6.45) is 0. The molecule has 1 N–H and O–H groups in total. The van der Waals surface area contributed by atoms with E-state index < -0.39 is 0 Å². The predicted octanol–water partition coefficient (Wildman–Crippen LogP) is 3.77. The lowest BCUT2D eigenvalue weighted by Crippen LogP contribution is -2.25. The van der Waals surface area contributed by atoms with Crippen LogP contribution in [0.5, 0.6) is 11.5 Å². The Morgan fingerprint density at radius 3 is 2.58 bits per heavy atom. The summed E-state index contributed by atoms with van der Waals surface area (Å²) in [4.78, 5) is 12.0. The van der Waals surface area contributed by atoms with E-state index in [1.54, 1.807) is 7.11 Å². The van der Waals surface area contributed by atoms with Crippen molar-refractivity contribution in [3.8, 4) is 11.5 Å². The van der Waals surface area contributed by atoms with Crippen LogP contribution in [0.2, 0.25) is 0 Å². The van der Waals surface area contributed by atoms with E-state index in [0.717, 1.165) is 22.1 Å². The molecule has 3 rings (SSSR count). The molecule has 0 aliphatic heterocycles. The highest BCUT2D eigenvalue weighted by Crippen LogP contribution is 2.20. The van der Waals surface area contributed by atoms with E-state index in [0.29, 0.717) is 11.5 Å². The highest BCUT2D eigenvalue weighted by Gasteiger charge is 2.04. The number of fused-ring (bicyclic) bond motifs is 1. The summed E-state index contributed by atoms with van der Waals surface area (Å²) in [6.45, 7) is 1.71. The van der Waals surface area contributed by atoms with Gasteiger partial charge in [-0.3, -0.25) is 4.79 Å². The van der Waals surface area contributed by atoms with Gasteiger partial charge in [-0.1, -0.05) is 42.5 Å².